The zero-order valence-corrected chi connectivity index (χ0v) is 12.8. The second-order valence-corrected chi connectivity index (χ2v) is 5.49. The van der Waals surface area contributed by atoms with Crippen LogP contribution < -0.4 is 5.32 Å². The van der Waals surface area contributed by atoms with Crippen molar-refractivity contribution in [1.29, 1.82) is 0 Å². The summed E-state index contributed by atoms with van der Waals surface area (Å²) in [7, 11) is 1.88. The van der Waals surface area contributed by atoms with Crippen LogP contribution in [0.15, 0.2) is 24.5 Å². The minimum absolute atomic E-state index is 0.0823. The van der Waals surface area contributed by atoms with Crippen molar-refractivity contribution in [1.82, 2.24) is 15.1 Å². The Hall–Kier alpha value is -1.10. The first-order valence-corrected chi connectivity index (χ1v) is 7.09. The number of hydrogen-bond acceptors (Lipinski definition) is 2. The monoisotopic (exact) mass is 315 g/mol. The predicted octanol–water partition coefficient (Wildman–Crippen LogP) is 3.76. The lowest BCUT2D eigenvalue weighted by atomic mass is 10.1. The Bertz CT molecular complexity index is 598. The summed E-state index contributed by atoms with van der Waals surface area (Å²) >= 11 is 12.1. The largest absolute Gasteiger partial charge is 0.310 e. The summed E-state index contributed by atoms with van der Waals surface area (Å²) in [6, 6.07) is 2.68. The second-order valence-electron chi connectivity index (χ2n) is 4.70. The van der Waals surface area contributed by atoms with E-state index in [9.17, 15) is 4.39 Å². The van der Waals surface area contributed by atoms with E-state index in [1.807, 2.05) is 26.4 Å². The molecule has 3 nitrogen and oxygen atoms in total. The molecule has 0 spiro atoms. The van der Waals surface area contributed by atoms with Gasteiger partial charge in [0.2, 0.25) is 0 Å². The highest BCUT2D eigenvalue weighted by molar-refractivity contribution is 6.36. The van der Waals surface area contributed by atoms with Crippen molar-refractivity contribution >= 4 is 23.2 Å². The Morgan fingerprint density at radius 2 is 2.15 bits per heavy atom. The van der Waals surface area contributed by atoms with E-state index in [4.69, 9.17) is 23.2 Å². The summed E-state index contributed by atoms with van der Waals surface area (Å²) in [5.74, 6) is -0.452. The quantitative estimate of drug-likeness (QED) is 0.851. The van der Waals surface area contributed by atoms with Gasteiger partial charge in [0.15, 0.2) is 0 Å². The highest BCUT2D eigenvalue weighted by atomic mass is 35.5. The lowest BCUT2D eigenvalue weighted by Crippen LogP contribution is -2.22. The molecule has 1 aromatic heterocycles. The van der Waals surface area contributed by atoms with Crippen LogP contribution in [0.25, 0.3) is 0 Å². The zero-order chi connectivity index (χ0) is 14.7. The van der Waals surface area contributed by atoms with Gasteiger partial charge >= 0.3 is 0 Å². The molecule has 1 unspecified atom stereocenters. The van der Waals surface area contributed by atoms with Gasteiger partial charge < -0.3 is 5.32 Å². The van der Waals surface area contributed by atoms with Gasteiger partial charge in [-0.25, -0.2) is 4.39 Å². The van der Waals surface area contributed by atoms with E-state index >= 15 is 0 Å². The number of nitrogens with zero attached hydrogens (tertiary/aromatic N) is 2. The van der Waals surface area contributed by atoms with Crippen molar-refractivity contribution in [2.75, 3.05) is 6.54 Å². The molecule has 108 valence electrons. The lowest BCUT2D eigenvalue weighted by molar-refractivity contribution is 0.567. The van der Waals surface area contributed by atoms with Crippen LogP contribution in [0, 0.1) is 5.82 Å². The van der Waals surface area contributed by atoms with Gasteiger partial charge in [-0.2, -0.15) is 5.10 Å². The Labute approximate surface area is 127 Å². The zero-order valence-electron chi connectivity index (χ0n) is 11.3. The van der Waals surface area contributed by atoms with Gasteiger partial charge in [0, 0.05) is 29.9 Å². The van der Waals surface area contributed by atoms with Crippen LogP contribution in [0.2, 0.25) is 10.0 Å². The lowest BCUT2D eigenvalue weighted by Gasteiger charge is -2.17. The number of aryl methyl sites for hydroxylation is 1. The molecular weight excluding hydrogens is 300 g/mol. The Morgan fingerprint density at radius 3 is 2.80 bits per heavy atom. The van der Waals surface area contributed by atoms with Gasteiger partial charge in [-0.3, -0.25) is 4.68 Å². The number of rotatable bonds is 5. The van der Waals surface area contributed by atoms with Crippen LogP contribution >= 0.6 is 23.2 Å². The van der Waals surface area contributed by atoms with Crippen molar-refractivity contribution in [2.45, 2.75) is 19.4 Å². The van der Waals surface area contributed by atoms with E-state index in [1.165, 1.54) is 12.1 Å². The summed E-state index contributed by atoms with van der Waals surface area (Å²) in [6.07, 6.45) is 4.63. The summed E-state index contributed by atoms with van der Waals surface area (Å²) < 4.78 is 15.2. The molecule has 0 aliphatic carbocycles. The Kier molecular flexibility index (Phi) is 5.02. The molecule has 0 saturated carbocycles. The number of nitrogens with one attached hydrogen (secondary N) is 1. The van der Waals surface area contributed by atoms with Gasteiger partial charge in [0.25, 0.3) is 0 Å². The fourth-order valence-electron chi connectivity index (χ4n) is 2.08. The second kappa shape index (κ2) is 6.57. The molecule has 1 heterocycles. The Morgan fingerprint density at radius 1 is 1.40 bits per heavy atom. The van der Waals surface area contributed by atoms with Crippen molar-refractivity contribution in [2.24, 2.45) is 7.05 Å². The minimum Gasteiger partial charge on any atom is -0.310 e. The maximum Gasteiger partial charge on any atom is 0.142 e. The third-order valence-corrected chi connectivity index (χ3v) is 3.85. The van der Waals surface area contributed by atoms with E-state index in [2.05, 4.69) is 10.4 Å². The first kappa shape index (κ1) is 15.3. The molecule has 0 aliphatic rings. The summed E-state index contributed by atoms with van der Waals surface area (Å²) in [4.78, 5) is 0. The molecule has 0 aliphatic heterocycles. The standard InChI is InChI=1S/C14H16Cl2FN3/c1-9(13-11(15)3-4-12(17)14(13)16)18-6-5-10-7-19-20(2)8-10/h3-4,7-9,18H,5-6H2,1-2H3. The highest BCUT2D eigenvalue weighted by Crippen LogP contribution is 2.32. The molecule has 0 saturated heterocycles. The molecule has 0 radical (unpaired) electrons. The molecule has 20 heavy (non-hydrogen) atoms. The summed E-state index contributed by atoms with van der Waals surface area (Å²) in [6.45, 7) is 2.64. The molecule has 1 atom stereocenters. The van der Waals surface area contributed by atoms with Crippen molar-refractivity contribution < 1.29 is 4.39 Å². The number of aromatic nitrogens is 2. The molecule has 2 rings (SSSR count). The summed E-state index contributed by atoms with van der Waals surface area (Å²) in [5.41, 5.74) is 1.74. The molecule has 6 heteroatoms. The van der Waals surface area contributed by atoms with E-state index in [0.717, 1.165) is 18.5 Å². The number of halogens is 3. The van der Waals surface area contributed by atoms with Crippen molar-refractivity contribution in [3.8, 4) is 0 Å². The number of benzene rings is 1. The number of hydrogen-bond donors (Lipinski definition) is 1. The van der Waals surface area contributed by atoms with Gasteiger partial charge in [-0.1, -0.05) is 23.2 Å². The molecule has 1 N–H and O–H groups in total. The van der Waals surface area contributed by atoms with Crippen molar-refractivity contribution in [3.63, 3.8) is 0 Å². The average molecular weight is 316 g/mol. The molecule has 0 fully saturated rings. The molecule has 2 aromatic rings. The SMILES string of the molecule is CC(NCCc1cnn(C)c1)c1c(Cl)ccc(F)c1Cl. The smallest absolute Gasteiger partial charge is 0.142 e. The third-order valence-electron chi connectivity index (χ3n) is 3.14. The molecular formula is C14H16Cl2FN3. The third kappa shape index (κ3) is 3.51. The van der Waals surface area contributed by atoms with Gasteiger partial charge in [-0.05, 0) is 37.6 Å². The van der Waals surface area contributed by atoms with Crippen LogP contribution in [-0.2, 0) is 13.5 Å². The molecule has 0 bridgehead atoms. The fraction of sp³-hybridized carbons (Fsp3) is 0.357. The predicted molar refractivity (Wildman–Crippen MR) is 79.7 cm³/mol. The molecule has 1 aromatic carbocycles. The average Bonchev–Trinajstić information content (AvgIpc) is 2.80. The van der Waals surface area contributed by atoms with Gasteiger partial charge in [-0.15, -0.1) is 0 Å². The van der Waals surface area contributed by atoms with E-state index in [0.29, 0.717) is 10.6 Å². The van der Waals surface area contributed by atoms with Crippen LogP contribution in [0.5, 0.6) is 0 Å². The fourth-order valence-corrected chi connectivity index (χ4v) is 2.77. The van der Waals surface area contributed by atoms with E-state index in [1.54, 1.807) is 4.68 Å². The first-order valence-electron chi connectivity index (χ1n) is 6.33. The van der Waals surface area contributed by atoms with Crippen molar-refractivity contribution in [3.05, 3.63) is 51.5 Å². The first-order chi connectivity index (χ1) is 9.49. The van der Waals surface area contributed by atoms with E-state index in [-0.39, 0.29) is 11.1 Å². The topological polar surface area (TPSA) is 29.9 Å². The van der Waals surface area contributed by atoms with Crippen LogP contribution in [0.1, 0.15) is 24.1 Å². The minimum atomic E-state index is -0.452. The summed E-state index contributed by atoms with van der Waals surface area (Å²) in [5, 5.41) is 7.95. The van der Waals surface area contributed by atoms with Gasteiger partial charge in [0.05, 0.1) is 11.2 Å². The van der Waals surface area contributed by atoms with E-state index < -0.39 is 5.82 Å². The maximum atomic E-state index is 13.5. The Balaban J connectivity index is 1.98. The van der Waals surface area contributed by atoms with Gasteiger partial charge in [0.1, 0.15) is 5.82 Å². The van der Waals surface area contributed by atoms with Crippen LogP contribution in [-0.4, -0.2) is 16.3 Å². The highest BCUT2D eigenvalue weighted by Gasteiger charge is 2.16. The van der Waals surface area contributed by atoms with Crippen LogP contribution in [0.3, 0.4) is 0 Å². The molecule has 0 amide bonds. The normalized spacial score (nSPS) is 12.7. The van der Waals surface area contributed by atoms with Crippen LogP contribution in [0.4, 0.5) is 4.39 Å². The maximum absolute atomic E-state index is 13.5.